The van der Waals surface area contributed by atoms with Gasteiger partial charge < -0.3 is 60.9 Å². The molecule has 60 heavy (non-hydrogen) atoms. The molecule has 3 heterocycles. The number of methoxy groups -OCH3 is 2. The molecule has 0 radical (unpaired) electrons. The maximum Gasteiger partial charge on any atom is 0.245 e. The predicted molar refractivity (Wildman–Crippen MR) is 211 cm³/mol. The summed E-state index contributed by atoms with van der Waals surface area (Å²) >= 11 is 0. The number of phenolic OH excluding ortho intramolecular Hbond substituents is 2. The van der Waals surface area contributed by atoms with Gasteiger partial charge in [0.15, 0.2) is 12.1 Å². The van der Waals surface area contributed by atoms with Crippen LogP contribution in [0.2, 0.25) is 0 Å². The average Bonchev–Trinajstić information content (AvgIpc) is 3.60. The Morgan fingerprint density at radius 1 is 0.917 bits per heavy atom. The number of hydrogen-bond acceptors (Lipinski definition) is 15. The van der Waals surface area contributed by atoms with Crippen LogP contribution in [0, 0.1) is 5.92 Å². The molecule has 5 aliphatic rings. The second kappa shape index (κ2) is 19.5. The summed E-state index contributed by atoms with van der Waals surface area (Å²) in [6, 6.07) is 3.99. The van der Waals surface area contributed by atoms with Crippen molar-refractivity contribution in [2.24, 2.45) is 11.7 Å². The Balaban J connectivity index is 0.000000314. The number of nitrogens with two attached hydrogens (primary N) is 1. The van der Waals surface area contributed by atoms with E-state index in [2.05, 4.69) is 20.9 Å². The van der Waals surface area contributed by atoms with Gasteiger partial charge in [-0.05, 0) is 45.1 Å². The Kier molecular flexibility index (Phi) is 14.4. The summed E-state index contributed by atoms with van der Waals surface area (Å²) < 4.78 is 21.3. The molecule has 2 aromatic rings. The summed E-state index contributed by atoms with van der Waals surface area (Å²) in [6.45, 7) is 5.09. The van der Waals surface area contributed by atoms with Gasteiger partial charge in [-0.15, -0.1) is 0 Å². The molecular weight excluding hydrogens is 784 g/mol. The number of aliphatic hydroxyl groups excluding tert-OH is 1. The summed E-state index contributed by atoms with van der Waals surface area (Å²) in [5, 5.41) is 40.2. The number of nitrogens with zero attached hydrogens (tertiary/aromatic N) is 2. The van der Waals surface area contributed by atoms with Crippen molar-refractivity contribution >= 4 is 35.2 Å². The van der Waals surface area contributed by atoms with Gasteiger partial charge in [0.1, 0.15) is 23.3 Å². The highest BCUT2D eigenvalue weighted by molar-refractivity contribution is 6.31. The fourth-order valence-corrected chi connectivity index (χ4v) is 8.52. The van der Waals surface area contributed by atoms with Gasteiger partial charge in [-0.3, -0.25) is 33.7 Å². The van der Waals surface area contributed by atoms with Crippen LogP contribution in [0.3, 0.4) is 0 Å². The van der Waals surface area contributed by atoms with Gasteiger partial charge in [0.25, 0.3) is 0 Å². The van der Waals surface area contributed by atoms with Crippen molar-refractivity contribution < 1.29 is 63.0 Å². The molecule has 0 spiro atoms. The van der Waals surface area contributed by atoms with Crippen molar-refractivity contribution in [3.8, 4) is 17.2 Å². The molecule has 6 unspecified atom stereocenters. The lowest BCUT2D eigenvalue weighted by Gasteiger charge is -2.43. The van der Waals surface area contributed by atoms with Crippen LogP contribution in [0.5, 0.6) is 17.2 Å². The number of nitrogens with one attached hydrogen (secondary N) is 3. The van der Waals surface area contributed by atoms with E-state index in [0.717, 1.165) is 26.1 Å². The summed E-state index contributed by atoms with van der Waals surface area (Å²) in [5.74, 6) is -4.07. The average molecular weight is 839 g/mol. The van der Waals surface area contributed by atoms with E-state index in [0.29, 0.717) is 31.6 Å². The van der Waals surface area contributed by atoms with Gasteiger partial charge in [-0.25, -0.2) is 0 Å². The number of hydrogen-bond donors (Lipinski definition) is 7. The number of carbonyl (C=O) groups is 6. The molecule has 7 rings (SSSR count). The topological polar surface area (TPSA) is 269 Å². The maximum atomic E-state index is 13.4. The standard InChI is InChI=1S/C30H33N5O9.C11H21NO4/c1-44-19-4-2-3-16-22(19)28(41)24-23(26(16)39)27(40)17-11-14(5-6-15(17)25(24)38)29(42)32-8-10-35-9-7-18(30(35)43)34-21(37)13-33-20(36)12-31;1-8-11(13)9(3-5-15-8)12-4-6-16-10(7-12)14-2/h2-4,14,18,38,40H,5-13,31H2,1H3,(H,32,42)(H,33,36)(H,34,37);8-11,13H,3-7H2,1-2H3. The lowest BCUT2D eigenvalue weighted by Crippen LogP contribution is -2.57. The van der Waals surface area contributed by atoms with E-state index in [9.17, 15) is 44.1 Å². The maximum absolute atomic E-state index is 13.4. The molecule has 6 atom stereocenters. The summed E-state index contributed by atoms with van der Waals surface area (Å²) in [7, 11) is 3.02. The number of morpholine rings is 1. The quantitative estimate of drug-likeness (QED) is 0.111. The van der Waals surface area contributed by atoms with Crippen molar-refractivity contribution in [1.29, 1.82) is 0 Å². The van der Waals surface area contributed by atoms with Gasteiger partial charge in [0, 0.05) is 75.1 Å². The lowest BCUT2D eigenvalue weighted by molar-refractivity contribution is -0.190. The number of amides is 4. The van der Waals surface area contributed by atoms with E-state index in [1.54, 1.807) is 13.2 Å². The third kappa shape index (κ3) is 9.25. The number of ketones is 2. The first kappa shape index (κ1) is 44.4. The Hall–Kier alpha value is -5.18. The number of aromatic hydroxyl groups is 2. The summed E-state index contributed by atoms with van der Waals surface area (Å²) in [5.41, 5.74) is 5.28. The van der Waals surface area contributed by atoms with Gasteiger partial charge in [-0.1, -0.05) is 12.1 Å². The number of fused-ring (bicyclic) bond motifs is 3. The number of carbonyl (C=O) groups excluding carboxylic acids is 6. The molecule has 0 saturated carbocycles. The second-order valence-corrected chi connectivity index (χ2v) is 15.3. The molecule has 3 saturated heterocycles. The van der Waals surface area contributed by atoms with Crippen LogP contribution >= 0.6 is 0 Å². The van der Waals surface area contributed by atoms with Crippen LogP contribution in [-0.4, -0.2) is 164 Å². The molecule has 19 heteroatoms. The lowest BCUT2D eigenvalue weighted by atomic mass is 9.75. The first-order valence-electron chi connectivity index (χ1n) is 20.2. The summed E-state index contributed by atoms with van der Waals surface area (Å²) in [4.78, 5) is 79.6. The fraction of sp³-hybridized carbons (Fsp3) is 0.561. The highest BCUT2D eigenvalue weighted by Crippen LogP contribution is 2.47. The molecule has 326 valence electrons. The van der Waals surface area contributed by atoms with Crippen LogP contribution in [0.15, 0.2) is 18.2 Å². The SMILES string of the molecule is COC1CN(C2CCOC(C)C2O)CCO1.COc1cccc2c1C(=O)c1c(O)c3c(c(O)c1C2=O)CC(C(=O)NCCN1CCC(NC(=O)CNC(=O)CN)C1=O)CC3. The number of rotatable bonds is 11. The zero-order valence-electron chi connectivity index (χ0n) is 34.0. The third-order valence-corrected chi connectivity index (χ3v) is 11.8. The molecule has 19 nitrogen and oxygen atoms in total. The molecular formula is C41H54N6O13. The van der Waals surface area contributed by atoms with Gasteiger partial charge in [-0.2, -0.15) is 0 Å². The minimum absolute atomic E-state index is 0.0245. The fourth-order valence-electron chi connectivity index (χ4n) is 8.52. The normalized spacial score (nSPS) is 24.9. The number of phenols is 2. The Morgan fingerprint density at radius 3 is 2.40 bits per heavy atom. The van der Waals surface area contributed by atoms with Crippen molar-refractivity contribution in [3.63, 3.8) is 0 Å². The first-order chi connectivity index (χ1) is 28.8. The van der Waals surface area contributed by atoms with Crippen LogP contribution < -0.4 is 26.4 Å². The van der Waals surface area contributed by atoms with E-state index in [1.165, 1.54) is 24.1 Å². The van der Waals surface area contributed by atoms with Crippen LogP contribution in [-0.2, 0) is 46.2 Å². The zero-order valence-corrected chi connectivity index (χ0v) is 34.0. The van der Waals surface area contributed by atoms with Crippen LogP contribution in [0.1, 0.15) is 69.2 Å². The molecule has 0 bridgehead atoms. The molecule has 0 aromatic heterocycles. The summed E-state index contributed by atoms with van der Waals surface area (Å²) in [6.07, 6.45) is 1.15. The van der Waals surface area contributed by atoms with E-state index < -0.39 is 47.2 Å². The van der Waals surface area contributed by atoms with Crippen molar-refractivity contribution in [3.05, 3.63) is 51.6 Å². The minimum atomic E-state index is -0.730. The number of benzene rings is 2. The highest BCUT2D eigenvalue weighted by Gasteiger charge is 2.42. The van der Waals surface area contributed by atoms with Gasteiger partial charge >= 0.3 is 0 Å². The van der Waals surface area contributed by atoms with Gasteiger partial charge in [0.05, 0.1) is 55.7 Å². The van der Waals surface area contributed by atoms with Crippen LogP contribution in [0.4, 0.5) is 0 Å². The molecule has 2 aliphatic carbocycles. The van der Waals surface area contributed by atoms with Gasteiger partial charge in [0.2, 0.25) is 29.4 Å². The first-order valence-corrected chi connectivity index (χ1v) is 20.2. The molecule has 2 aromatic carbocycles. The molecule has 3 aliphatic heterocycles. The predicted octanol–water partition coefficient (Wildman–Crippen LogP) is -1.28. The van der Waals surface area contributed by atoms with E-state index in [1.807, 2.05) is 6.92 Å². The molecule has 3 fully saturated rings. The minimum Gasteiger partial charge on any atom is -0.507 e. The second-order valence-electron chi connectivity index (χ2n) is 15.3. The van der Waals surface area contributed by atoms with E-state index >= 15 is 0 Å². The Labute approximate surface area is 346 Å². The number of ether oxygens (including phenoxy) is 4. The smallest absolute Gasteiger partial charge is 0.245 e. The number of likely N-dealkylation sites (tertiary alicyclic amines) is 1. The van der Waals surface area contributed by atoms with Crippen LogP contribution in [0.25, 0.3) is 0 Å². The highest BCUT2D eigenvalue weighted by atomic mass is 16.7. The third-order valence-electron chi connectivity index (χ3n) is 11.8. The van der Waals surface area contributed by atoms with Crippen molar-refractivity contribution in [1.82, 2.24) is 25.8 Å². The van der Waals surface area contributed by atoms with Crippen molar-refractivity contribution in [2.45, 2.75) is 69.6 Å². The Bertz CT molecular complexity index is 1990. The largest absolute Gasteiger partial charge is 0.507 e. The number of aliphatic hydroxyl groups is 1. The molecule has 4 amide bonds. The van der Waals surface area contributed by atoms with Crippen molar-refractivity contribution in [2.75, 3.05) is 73.2 Å². The zero-order chi connectivity index (χ0) is 43.2. The monoisotopic (exact) mass is 838 g/mol. The van der Waals surface area contributed by atoms with E-state index in [4.69, 9.17) is 24.7 Å². The molecule has 8 N–H and O–H groups in total. The Morgan fingerprint density at radius 2 is 1.67 bits per heavy atom. The van der Waals surface area contributed by atoms with E-state index in [-0.39, 0.29) is 109 Å².